The molecule has 25 heavy (non-hydrogen) atoms. The summed E-state index contributed by atoms with van der Waals surface area (Å²) in [7, 11) is 0. The SMILES string of the molecule is O=C1NC[C@@]2(F)CN(Cc3cccc(-c4ccc(F)cc4)n3)C[C@@]12F. The van der Waals surface area contributed by atoms with E-state index < -0.39 is 17.2 Å². The first-order valence-electron chi connectivity index (χ1n) is 8.00. The molecule has 4 nitrogen and oxygen atoms in total. The maximum Gasteiger partial charge on any atom is 0.262 e. The van der Waals surface area contributed by atoms with Gasteiger partial charge in [0.1, 0.15) is 5.82 Å². The number of aromatic nitrogens is 1. The molecule has 4 rings (SSSR count). The standard InChI is InChI=1S/C18H16F3N3O/c19-13-6-4-12(5-7-13)15-3-1-2-14(23-15)8-24-10-17(20)9-22-16(25)18(17,21)11-24/h1-7H,8-11H2,(H,22,25)/t17-,18-/m1/s1. The number of halogens is 3. The van der Waals surface area contributed by atoms with E-state index in [2.05, 4.69) is 10.3 Å². The molecule has 0 saturated carbocycles. The first kappa shape index (κ1) is 16.1. The van der Waals surface area contributed by atoms with E-state index in [0.717, 1.165) is 5.56 Å². The summed E-state index contributed by atoms with van der Waals surface area (Å²) >= 11 is 0. The van der Waals surface area contributed by atoms with Gasteiger partial charge in [-0.1, -0.05) is 6.07 Å². The Morgan fingerprint density at radius 3 is 2.60 bits per heavy atom. The van der Waals surface area contributed by atoms with Crippen LogP contribution in [0, 0.1) is 5.82 Å². The number of nitrogens with zero attached hydrogens (tertiary/aromatic N) is 2. The molecule has 1 amide bonds. The van der Waals surface area contributed by atoms with Crippen LogP contribution in [0.5, 0.6) is 0 Å². The van der Waals surface area contributed by atoms with Crippen molar-refractivity contribution in [2.45, 2.75) is 17.9 Å². The Morgan fingerprint density at radius 1 is 1.12 bits per heavy atom. The van der Waals surface area contributed by atoms with Gasteiger partial charge in [0.2, 0.25) is 5.67 Å². The summed E-state index contributed by atoms with van der Waals surface area (Å²) in [5, 5.41) is 2.26. The van der Waals surface area contributed by atoms with E-state index in [1.165, 1.54) is 12.1 Å². The third-order valence-corrected chi connectivity index (χ3v) is 4.85. The van der Waals surface area contributed by atoms with Crippen LogP contribution < -0.4 is 5.32 Å². The number of amides is 1. The lowest BCUT2D eigenvalue weighted by Gasteiger charge is -2.19. The Morgan fingerprint density at radius 2 is 1.88 bits per heavy atom. The van der Waals surface area contributed by atoms with E-state index in [1.54, 1.807) is 35.2 Å². The number of nitrogens with one attached hydrogen (secondary N) is 1. The molecule has 0 unspecified atom stereocenters. The van der Waals surface area contributed by atoms with Crippen molar-refractivity contribution >= 4 is 5.91 Å². The van der Waals surface area contributed by atoms with Gasteiger partial charge in [-0.25, -0.2) is 13.2 Å². The van der Waals surface area contributed by atoms with Gasteiger partial charge in [0, 0.05) is 25.2 Å². The van der Waals surface area contributed by atoms with Crippen LogP contribution in [0.15, 0.2) is 42.5 Å². The summed E-state index contributed by atoms with van der Waals surface area (Å²) < 4.78 is 42.5. The summed E-state index contributed by atoms with van der Waals surface area (Å²) in [6, 6.07) is 11.3. The number of alkyl halides is 2. The molecule has 0 aliphatic carbocycles. The van der Waals surface area contributed by atoms with Gasteiger partial charge >= 0.3 is 0 Å². The zero-order chi connectivity index (χ0) is 17.7. The highest BCUT2D eigenvalue weighted by atomic mass is 19.2. The summed E-state index contributed by atoms with van der Waals surface area (Å²) in [4.78, 5) is 17.7. The van der Waals surface area contributed by atoms with E-state index in [1.807, 2.05) is 0 Å². The summed E-state index contributed by atoms with van der Waals surface area (Å²) in [5.74, 6) is -1.21. The zero-order valence-electron chi connectivity index (χ0n) is 13.3. The number of hydrogen-bond donors (Lipinski definition) is 1. The molecular weight excluding hydrogens is 331 g/mol. The first-order chi connectivity index (χ1) is 11.9. The lowest BCUT2D eigenvalue weighted by molar-refractivity contribution is -0.132. The molecule has 130 valence electrons. The summed E-state index contributed by atoms with van der Waals surface area (Å²) in [6.07, 6.45) is 0. The maximum atomic E-state index is 14.7. The number of rotatable bonds is 3. The van der Waals surface area contributed by atoms with Gasteiger partial charge in [-0.2, -0.15) is 0 Å². The van der Waals surface area contributed by atoms with E-state index in [4.69, 9.17) is 0 Å². The Bertz CT molecular complexity index is 829. The van der Waals surface area contributed by atoms with Crippen molar-refractivity contribution in [3.63, 3.8) is 0 Å². The maximum absolute atomic E-state index is 14.7. The smallest absolute Gasteiger partial charge is 0.262 e. The second kappa shape index (κ2) is 5.56. The predicted octanol–water partition coefficient (Wildman–Crippen LogP) is 2.25. The molecule has 0 radical (unpaired) electrons. The number of hydrogen-bond acceptors (Lipinski definition) is 3. The minimum absolute atomic E-state index is 0.162. The van der Waals surface area contributed by atoms with Gasteiger partial charge in [-0.15, -0.1) is 0 Å². The molecule has 2 atom stereocenters. The van der Waals surface area contributed by atoms with Crippen molar-refractivity contribution in [3.8, 4) is 11.3 Å². The van der Waals surface area contributed by atoms with Crippen molar-refractivity contribution in [1.29, 1.82) is 0 Å². The molecule has 0 bridgehead atoms. The second-order valence-electron chi connectivity index (χ2n) is 6.62. The Balaban J connectivity index is 1.54. The summed E-state index contributed by atoms with van der Waals surface area (Å²) in [6.45, 7) is -0.524. The number of carbonyl (C=O) groups excluding carboxylic acids is 1. The average Bonchev–Trinajstić information content (AvgIpc) is 2.96. The monoisotopic (exact) mass is 347 g/mol. The Kier molecular flexibility index (Phi) is 3.57. The molecular formula is C18H16F3N3O. The van der Waals surface area contributed by atoms with Crippen LogP contribution >= 0.6 is 0 Å². The highest BCUT2D eigenvalue weighted by Crippen LogP contribution is 2.42. The quantitative estimate of drug-likeness (QED) is 0.926. The highest BCUT2D eigenvalue weighted by Gasteiger charge is 2.68. The van der Waals surface area contributed by atoms with Crippen LogP contribution in [-0.2, 0) is 11.3 Å². The fourth-order valence-corrected chi connectivity index (χ4v) is 3.51. The fraction of sp³-hybridized carbons (Fsp3) is 0.333. The van der Waals surface area contributed by atoms with Crippen LogP contribution in [0.1, 0.15) is 5.69 Å². The number of pyridine rings is 1. The van der Waals surface area contributed by atoms with Crippen LogP contribution in [0.25, 0.3) is 11.3 Å². The number of fused-ring (bicyclic) bond motifs is 1. The topological polar surface area (TPSA) is 45.2 Å². The molecule has 1 aromatic heterocycles. The highest BCUT2D eigenvalue weighted by molar-refractivity contribution is 5.90. The normalized spacial score (nSPS) is 28.8. The Hall–Kier alpha value is -2.41. The van der Waals surface area contributed by atoms with E-state index >= 15 is 0 Å². The predicted molar refractivity (Wildman–Crippen MR) is 85.6 cm³/mol. The van der Waals surface area contributed by atoms with Crippen molar-refractivity contribution in [3.05, 3.63) is 54.0 Å². The minimum atomic E-state index is -2.50. The minimum Gasteiger partial charge on any atom is -0.350 e. The molecule has 1 aromatic carbocycles. The van der Waals surface area contributed by atoms with Gasteiger partial charge in [-0.3, -0.25) is 14.7 Å². The summed E-state index contributed by atoms with van der Waals surface area (Å²) in [5.41, 5.74) is -2.65. The van der Waals surface area contributed by atoms with Gasteiger partial charge in [0.05, 0.1) is 17.9 Å². The van der Waals surface area contributed by atoms with E-state index in [0.29, 0.717) is 11.4 Å². The van der Waals surface area contributed by atoms with Crippen LogP contribution in [-0.4, -0.2) is 46.8 Å². The molecule has 2 aliphatic rings. The lowest BCUT2D eigenvalue weighted by Crippen LogP contribution is -2.47. The third kappa shape index (κ3) is 2.59. The van der Waals surface area contributed by atoms with Gasteiger partial charge in [-0.05, 0) is 36.4 Å². The zero-order valence-corrected chi connectivity index (χ0v) is 13.3. The van der Waals surface area contributed by atoms with Crippen LogP contribution in [0.4, 0.5) is 13.2 Å². The molecule has 0 spiro atoms. The Labute approximate surface area is 142 Å². The molecule has 2 fully saturated rings. The fourth-order valence-electron chi connectivity index (χ4n) is 3.51. The van der Waals surface area contributed by atoms with E-state index in [-0.39, 0.29) is 32.0 Å². The molecule has 1 N–H and O–H groups in total. The van der Waals surface area contributed by atoms with Gasteiger partial charge < -0.3 is 5.32 Å². The average molecular weight is 347 g/mol. The molecule has 2 aliphatic heterocycles. The van der Waals surface area contributed by atoms with Crippen molar-refractivity contribution in [2.24, 2.45) is 0 Å². The largest absolute Gasteiger partial charge is 0.350 e. The first-order valence-corrected chi connectivity index (χ1v) is 8.00. The van der Waals surface area contributed by atoms with Gasteiger partial charge in [0.15, 0.2) is 5.67 Å². The van der Waals surface area contributed by atoms with Crippen LogP contribution in [0.2, 0.25) is 0 Å². The molecule has 3 heterocycles. The van der Waals surface area contributed by atoms with Gasteiger partial charge in [0.25, 0.3) is 5.91 Å². The second-order valence-corrected chi connectivity index (χ2v) is 6.62. The van der Waals surface area contributed by atoms with E-state index in [9.17, 15) is 18.0 Å². The number of benzene rings is 1. The molecule has 2 saturated heterocycles. The van der Waals surface area contributed by atoms with Crippen molar-refractivity contribution in [2.75, 3.05) is 19.6 Å². The van der Waals surface area contributed by atoms with Crippen molar-refractivity contribution in [1.82, 2.24) is 15.2 Å². The number of likely N-dealkylation sites (tertiary alicyclic amines) is 1. The third-order valence-electron chi connectivity index (χ3n) is 4.85. The lowest BCUT2D eigenvalue weighted by atomic mass is 9.93. The van der Waals surface area contributed by atoms with Crippen LogP contribution in [0.3, 0.4) is 0 Å². The van der Waals surface area contributed by atoms with Crippen molar-refractivity contribution < 1.29 is 18.0 Å². The molecule has 7 heteroatoms. The molecule has 2 aromatic rings. The number of carbonyl (C=O) groups is 1.